The van der Waals surface area contributed by atoms with Gasteiger partial charge in [0.25, 0.3) is 0 Å². The zero-order valence-corrected chi connectivity index (χ0v) is 12.6. The monoisotopic (exact) mass is 309 g/mol. The van der Waals surface area contributed by atoms with Crippen LogP contribution in [0.4, 0.5) is 0 Å². The van der Waals surface area contributed by atoms with Gasteiger partial charge in [0, 0.05) is 10.9 Å². The van der Waals surface area contributed by atoms with E-state index in [1.807, 2.05) is 24.3 Å². The minimum atomic E-state index is -3.54. The van der Waals surface area contributed by atoms with Gasteiger partial charge < -0.3 is 0 Å². The van der Waals surface area contributed by atoms with E-state index < -0.39 is 10.0 Å². The fourth-order valence-corrected chi connectivity index (χ4v) is 4.84. The van der Waals surface area contributed by atoms with Crippen molar-refractivity contribution < 1.29 is 8.42 Å². The number of nitrogens with zero attached hydrogens (tertiary/aromatic N) is 1. The van der Waals surface area contributed by atoms with Crippen LogP contribution < -0.4 is 4.72 Å². The van der Waals surface area contributed by atoms with Crippen LogP contribution in [0.15, 0.2) is 40.3 Å². The van der Waals surface area contributed by atoms with E-state index in [0.717, 1.165) is 22.6 Å². The molecule has 2 aromatic rings. The first-order valence-electron chi connectivity index (χ1n) is 6.32. The molecule has 0 amide bonds. The highest BCUT2D eigenvalue weighted by atomic mass is 32.2. The van der Waals surface area contributed by atoms with E-state index in [1.165, 1.54) is 6.20 Å². The quantitative estimate of drug-likeness (QED) is 0.912. The largest absolute Gasteiger partial charge is 0.281 e. The Labute approximate surface area is 122 Å². The third-order valence-electron chi connectivity index (χ3n) is 3.33. The minimum Gasteiger partial charge on any atom is -0.281 e. The molecule has 106 valence electrons. The Kier molecular flexibility index (Phi) is 3.57. The Bertz CT molecular complexity index is 725. The molecule has 1 aromatic carbocycles. The van der Waals surface area contributed by atoms with Gasteiger partial charge in [0.1, 0.15) is 4.90 Å². The highest BCUT2D eigenvalue weighted by molar-refractivity contribution is 7.99. The van der Waals surface area contributed by atoms with Crippen molar-refractivity contribution in [2.24, 2.45) is 0 Å². The van der Waals surface area contributed by atoms with Gasteiger partial charge in [-0.1, -0.05) is 18.2 Å². The van der Waals surface area contributed by atoms with Crippen LogP contribution in [0.25, 0.3) is 0 Å². The summed E-state index contributed by atoms with van der Waals surface area (Å²) >= 11 is 1.77. The molecule has 5 nitrogen and oxygen atoms in total. The average molecular weight is 309 g/mol. The van der Waals surface area contributed by atoms with Gasteiger partial charge in [-0.15, -0.1) is 11.8 Å². The molecule has 2 N–H and O–H groups in total. The van der Waals surface area contributed by atoms with Crippen LogP contribution in [0.3, 0.4) is 0 Å². The minimum absolute atomic E-state index is 0.174. The molecule has 1 unspecified atom stereocenters. The molecule has 2 heterocycles. The van der Waals surface area contributed by atoms with Gasteiger partial charge in [-0.2, -0.15) is 5.10 Å². The SMILES string of the molecule is Cc1[nH]ncc1S(=O)(=O)NC1CCSc2ccccc21. The summed E-state index contributed by atoms with van der Waals surface area (Å²) in [6, 6.07) is 7.75. The molecule has 20 heavy (non-hydrogen) atoms. The molecule has 0 saturated heterocycles. The number of sulfonamides is 1. The van der Waals surface area contributed by atoms with E-state index in [1.54, 1.807) is 18.7 Å². The second-order valence-electron chi connectivity index (χ2n) is 4.71. The maximum atomic E-state index is 12.4. The van der Waals surface area contributed by atoms with Crippen molar-refractivity contribution in [1.29, 1.82) is 0 Å². The van der Waals surface area contributed by atoms with Crippen LogP contribution in [0.5, 0.6) is 0 Å². The van der Waals surface area contributed by atoms with Crippen molar-refractivity contribution in [1.82, 2.24) is 14.9 Å². The predicted octanol–water partition coefficient (Wildman–Crippen LogP) is 2.23. The number of fused-ring (bicyclic) bond motifs is 1. The van der Waals surface area contributed by atoms with Crippen LogP contribution in [0, 0.1) is 6.92 Å². The fourth-order valence-electron chi connectivity index (χ4n) is 2.33. The standard InChI is InChI=1S/C13H15N3O2S2/c1-9-13(8-14-15-9)20(17,18)16-11-6-7-19-12-5-3-2-4-10(11)12/h2-5,8,11,16H,6-7H2,1H3,(H,14,15). The van der Waals surface area contributed by atoms with Crippen LogP contribution >= 0.6 is 11.8 Å². The van der Waals surface area contributed by atoms with Gasteiger partial charge in [-0.05, 0) is 30.7 Å². The maximum Gasteiger partial charge on any atom is 0.244 e. The summed E-state index contributed by atoms with van der Waals surface area (Å²) in [6.45, 7) is 1.70. The maximum absolute atomic E-state index is 12.4. The molecule has 0 radical (unpaired) electrons. The van der Waals surface area contributed by atoms with Crippen LogP contribution in [0.1, 0.15) is 23.7 Å². The highest BCUT2D eigenvalue weighted by Gasteiger charge is 2.27. The van der Waals surface area contributed by atoms with Gasteiger partial charge in [-0.3, -0.25) is 5.10 Å². The van der Waals surface area contributed by atoms with E-state index >= 15 is 0 Å². The molecule has 0 fully saturated rings. The van der Waals surface area contributed by atoms with Crippen LogP contribution in [-0.2, 0) is 10.0 Å². The molecule has 3 rings (SSSR count). The second kappa shape index (κ2) is 5.23. The first-order valence-corrected chi connectivity index (χ1v) is 8.79. The zero-order valence-electron chi connectivity index (χ0n) is 11.0. The Morgan fingerprint density at radius 1 is 1.40 bits per heavy atom. The Hall–Kier alpha value is -1.31. The topological polar surface area (TPSA) is 74.8 Å². The summed E-state index contributed by atoms with van der Waals surface area (Å²) in [5, 5.41) is 6.43. The summed E-state index contributed by atoms with van der Waals surface area (Å²) in [6.07, 6.45) is 2.14. The van der Waals surface area contributed by atoms with Crippen molar-refractivity contribution in [3.8, 4) is 0 Å². The third-order valence-corrected chi connectivity index (χ3v) is 6.04. The number of aryl methyl sites for hydroxylation is 1. The number of hydrogen-bond donors (Lipinski definition) is 2. The number of rotatable bonds is 3. The summed E-state index contributed by atoms with van der Waals surface area (Å²) in [5.74, 6) is 0.911. The summed E-state index contributed by atoms with van der Waals surface area (Å²) < 4.78 is 27.6. The molecule has 0 saturated carbocycles. The lowest BCUT2D eigenvalue weighted by atomic mass is 10.1. The van der Waals surface area contributed by atoms with Crippen molar-refractivity contribution in [2.75, 3.05) is 5.75 Å². The average Bonchev–Trinajstić information content (AvgIpc) is 2.86. The number of hydrogen-bond acceptors (Lipinski definition) is 4. The number of aromatic amines is 1. The predicted molar refractivity (Wildman–Crippen MR) is 78.2 cm³/mol. The lowest BCUT2D eigenvalue weighted by molar-refractivity contribution is 0.545. The van der Waals surface area contributed by atoms with Gasteiger partial charge in [-0.25, -0.2) is 13.1 Å². The van der Waals surface area contributed by atoms with Gasteiger partial charge in [0.05, 0.1) is 11.9 Å². The van der Waals surface area contributed by atoms with Gasteiger partial charge in [0.15, 0.2) is 0 Å². The first-order chi connectivity index (χ1) is 9.58. The molecule has 0 spiro atoms. The van der Waals surface area contributed by atoms with Gasteiger partial charge in [0.2, 0.25) is 10.0 Å². The number of nitrogens with one attached hydrogen (secondary N) is 2. The lowest BCUT2D eigenvalue weighted by Gasteiger charge is -2.25. The normalized spacial score (nSPS) is 18.8. The van der Waals surface area contributed by atoms with E-state index in [2.05, 4.69) is 14.9 Å². The van der Waals surface area contributed by atoms with Crippen molar-refractivity contribution in [3.05, 3.63) is 41.7 Å². The molecular weight excluding hydrogens is 294 g/mol. The summed E-state index contributed by atoms with van der Waals surface area (Å²) in [7, 11) is -3.54. The van der Waals surface area contributed by atoms with Crippen LogP contribution in [-0.4, -0.2) is 24.4 Å². The number of benzene rings is 1. The number of H-pyrrole nitrogens is 1. The van der Waals surface area contributed by atoms with Crippen molar-refractivity contribution in [3.63, 3.8) is 0 Å². The van der Waals surface area contributed by atoms with Gasteiger partial charge >= 0.3 is 0 Å². The lowest BCUT2D eigenvalue weighted by Crippen LogP contribution is -2.30. The molecule has 1 aliphatic heterocycles. The molecular formula is C13H15N3O2S2. The van der Waals surface area contributed by atoms with E-state index in [-0.39, 0.29) is 10.9 Å². The van der Waals surface area contributed by atoms with E-state index in [0.29, 0.717) is 5.69 Å². The third kappa shape index (κ3) is 2.48. The number of aromatic nitrogens is 2. The Balaban J connectivity index is 1.91. The molecule has 7 heteroatoms. The Morgan fingerprint density at radius 2 is 2.20 bits per heavy atom. The molecule has 1 aromatic heterocycles. The van der Waals surface area contributed by atoms with Crippen molar-refractivity contribution in [2.45, 2.75) is 29.2 Å². The summed E-state index contributed by atoms with van der Waals surface area (Å²) in [4.78, 5) is 1.36. The fraction of sp³-hybridized carbons (Fsp3) is 0.308. The molecule has 1 atom stereocenters. The zero-order chi connectivity index (χ0) is 14.2. The summed E-state index contributed by atoms with van der Waals surface area (Å²) in [5.41, 5.74) is 1.60. The second-order valence-corrected chi connectivity index (χ2v) is 7.53. The Morgan fingerprint density at radius 3 is 2.95 bits per heavy atom. The van der Waals surface area contributed by atoms with E-state index in [9.17, 15) is 8.42 Å². The molecule has 0 bridgehead atoms. The van der Waals surface area contributed by atoms with Crippen LogP contribution in [0.2, 0.25) is 0 Å². The highest BCUT2D eigenvalue weighted by Crippen LogP contribution is 2.36. The number of thioether (sulfide) groups is 1. The smallest absolute Gasteiger partial charge is 0.244 e. The molecule has 1 aliphatic rings. The molecule has 0 aliphatic carbocycles. The van der Waals surface area contributed by atoms with Crippen molar-refractivity contribution >= 4 is 21.8 Å². The first kappa shape index (κ1) is 13.7. The van der Waals surface area contributed by atoms with E-state index in [4.69, 9.17) is 0 Å².